The first kappa shape index (κ1) is 16.3. The molecule has 3 rings (SSSR count). The zero-order chi connectivity index (χ0) is 16.4. The van der Waals surface area contributed by atoms with Crippen LogP contribution in [0, 0.1) is 25.7 Å². The number of carbonyl (C=O) groups excluding carboxylic acids is 1. The highest BCUT2D eigenvalue weighted by Gasteiger charge is 2.54. The molecule has 0 bridgehead atoms. The summed E-state index contributed by atoms with van der Waals surface area (Å²) in [5.74, 6) is 1.35. The number of rotatable bonds is 6. The van der Waals surface area contributed by atoms with Crippen molar-refractivity contribution in [3.63, 3.8) is 0 Å². The lowest BCUT2D eigenvalue weighted by Gasteiger charge is -2.47. The zero-order valence-electron chi connectivity index (χ0n) is 14.0. The van der Waals surface area contributed by atoms with Crippen LogP contribution < -0.4 is 10.1 Å². The second kappa shape index (κ2) is 6.89. The average Bonchev–Trinajstić information content (AvgIpc) is 2.96. The molecular weight excluding hydrogens is 294 g/mol. The third-order valence-corrected chi connectivity index (χ3v) is 5.13. The van der Waals surface area contributed by atoms with Gasteiger partial charge in [-0.15, -0.1) is 0 Å². The summed E-state index contributed by atoms with van der Waals surface area (Å²) in [7, 11) is 1.69. The Morgan fingerprint density at radius 2 is 2.22 bits per heavy atom. The highest BCUT2D eigenvalue weighted by molar-refractivity contribution is 5.78. The maximum absolute atomic E-state index is 12.2. The fourth-order valence-electron chi connectivity index (χ4n) is 3.69. The second-order valence-electron chi connectivity index (χ2n) is 6.49. The van der Waals surface area contributed by atoms with E-state index < -0.39 is 0 Å². The topological polar surface area (TPSA) is 56.8 Å². The molecule has 2 fully saturated rings. The second-order valence-corrected chi connectivity index (χ2v) is 6.49. The van der Waals surface area contributed by atoms with Crippen LogP contribution in [0.25, 0.3) is 0 Å². The van der Waals surface area contributed by atoms with E-state index in [9.17, 15) is 4.79 Å². The van der Waals surface area contributed by atoms with E-state index in [1.54, 1.807) is 7.11 Å². The van der Waals surface area contributed by atoms with Crippen molar-refractivity contribution in [2.24, 2.45) is 11.8 Å². The summed E-state index contributed by atoms with van der Waals surface area (Å²) in [6.45, 7) is 5.47. The van der Waals surface area contributed by atoms with E-state index in [1.807, 2.05) is 32.0 Å². The van der Waals surface area contributed by atoms with Crippen molar-refractivity contribution in [1.82, 2.24) is 5.32 Å². The Hall–Kier alpha value is -1.59. The Bertz CT molecular complexity index is 574. The van der Waals surface area contributed by atoms with Crippen molar-refractivity contribution in [2.45, 2.75) is 32.4 Å². The fourth-order valence-corrected chi connectivity index (χ4v) is 3.69. The molecule has 0 spiro atoms. The van der Waals surface area contributed by atoms with Crippen molar-refractivity contribution in [2.75, 3.05) is 26.9 Å². The van der Waals surface area contributed by atoms with Crippen LogP contribution in [0.4, 0.5) is 0 Å². The SMILES string of the molecule is COCC1C(NC(=O)COc2cccc(C)c2C)C2CCOC21. The van der Waals surface area contributed by atoms with Gasteiger partial charge in [0.25, 0.3) is 5.91 Å². The zero-order valence-corrected chi connectivity index (χ0v) is 14.0. The quantitative estimate of drug-likeness (QED) is 0.869. The van der Waals surface area contributed by atoms with E-state index in [1.165, 1.54) is 0 Å². The Kier molecular flexibility index (Phi) is 4.87. The van der Waals surface area contributed by atoms with Gasteiger partial charge >= 0.3 is 0 Å². The van der Waals surface area contributed by atoms with E-state index >= 15 is 0 Å². The van der Waals surface area contributed by atoms with Gasteiger partial charge in [-0.05, 0) is 37.5 Å². The number of nitrogens with one attached hydrogen (secondary N) is 1. The molecule has 4 atom stereocenters. The number of ether oxygens (including phenoxy) is 3. The molecule has 0 aromatic heterocycles. The lowest BCUT2D eigenvalue weighted by atomic mass is 9.67. The molecule has 5 heteroatoms. The molecule has 1 saturated heterocycles. The van der Waals surface area contributed by atoms with E-state index in [4.69, 9.17) is 14.2 Å². The molecule has 1 saturated carbocycles. The van der Waals surface area contributed by atoms with Gasteiger partial charge in [0, 0.05) is 31.6 Å². The molecule has 126 valence electrons. The van der Waals surface area contributed by atoms with Crippen LogP contribution in [-0.4, -0.2) is 45.0 Å². The van der Waals surface area contributed by atoms with Crippen molar-refractivity contribution < 1.29 is 19.0 Å². The number of amides is 1. The predicted octanol–water partition coefficient (Wildman–Crippen LogP) is 1.85. The van der Waals surface area contributed by atoms with Crippen LogP contribution in [0.2, 0.25) is 0 Å². The molecule has 2 aliphatic rings. The summed E-state index contributed by atoms with van der Waals surface area (Å²) in [5.41, 5.74) is 2.23. The van der Waals surface area contributed by atoms with Gasteiger partial charge < -0.3 is 19.5 Å². The van der Waals surface area contributed by atoms with E-state index in [0.717, 1.165) is 29.9 Å². The molecule has 1 aliphatic heterocycles. The van der Waals surface area contributed by atoms with Crippen LogP contribution >= 0.6 is 0 Å². The van der Waals surface area contributed by atoms with Crippen molar-refractivity contribution in [3.8, 4) is 5.75 Å². The van der Waals surface area contributed by atoms with Crippen molar-refractivity contribution in [3.05, 3.63) is 29.3 Å². The molecular formula is C18H25NO4. The number of carbonyl (C=O) groups is 1. The van der Waals surface area contributed by atoms with Crippen molar-refractivity contribution >= 4 is 5.91 Å². The van der Waals surface area contributed by atoms with Gasteiger partial charge in [0.15, 0.2) is 6.61 Å². The van der Waals surface area contributed by atoms with Crippen LogP contribution in [0.5, 0.6) is 5.75 Å². The summed E-state index contributed by atoms with van der Waals surface area (Å²) in [4.78, 5) is 12.2. The van der Waals surface area contributed by atoms with Crippen LogP contribution in [0.15, 0.2) is 18.2 Å². The first-order chi connectivity index (χ1) is 11.1. The molecule has 1 aromatic rings. The normalized spacial score (nSPS) is 28.8. The van der Waals surface area contributed by atoms with Gasteiger partial charge in [0.1, 0.15) is 5.75 Å². The van der Waals surface area contributed by atoms with Crippen LogP contribution in [0.1, 0.15) is 17.5 Å². The standard InChI is InChI=1S/C18H25NO4/c1-11-5-4-6-15(12(11)2)23-10-16(20)19-17-13-7-8-22-18(13)14(17)9-21-3/h4-6,13-14,17-18H,7-10H2,1-3H3,(H,19,20). The number of hydrogen-bond donors (Lipinski definition) is 1. The maximum atomic E-state index is 12.2. The van der Waals surface area contributed by atoms with Crippen LogP contribution in [0.3, 0.4) is 0 Å². The monoisotopic (exact) mass is 319 g/mol. The molecule has 23 heavy (non-hydrogen) atoms. The summed E-state index contributed by atoms with van der Waals surface area (Å²) >= 11 is 0. The number of hydrogen-bond acceptors (Lipinski definition) is 4. The summed E-state index contributed by atoms with van der Waals surface area (Å²) in [6, 6.07) is 6.01. The van der Waals surface area contributed by atoms with Gasteiger partial charge in [0.2, 0.25) is 0 Å². The first-order valence-electron chi connectivity index (χ1n) is 8.20. The summed E-state index contributed by atoms with van der Waals surface area (Å²) < 4.78 is 16.7. The molecule has 1 heterocycles. The molecule has 5 nitrogen and oxygen atoms in total. The highest BCUT2D eigenvalue weighted by atomic mass is 16.5. The number of aryl methyl sites for hydroxylation is 1. The maximum Gasteiger partial charge on any atom is 0.258 e. The first-order valence-corrected chi connectivity index (χ1v) is 8.20. The molecule has 0 radical (unpaired) electrons. The van der Waals surface area contributed by atoms with Crippen molar-refractivity contribution in [1.29, 1.82) is 0 Å². The molecule has 1 amide bonds. The third kappa shape index (κ3) is 3.21. The minimum atomic E-state index is -0.0811. The molecule has 1 aliphatic carbocycles. The number of methoxy groups -OCH3 is 1. The van der Waals surface area contributed by atoms with E-state index in [0.29, 0.717) is 12.5 Å². The van der Waals surface area contributed by atoms with Gasteiger partial charge in [-0.25, -0.2) is 0 Å². The Balaban J connectivity index is 1.54. The minimum Gasteiger partial charge on any atom is -0.483 e. The summed E-state index contributed by atoms with van der Waals surface area (Å²) in [6.07, 6.45) is 1.24. The largest absolute Gasteiger partial charge is 0.483 e. The Morgan fingerprint density at radius 3 is 3.00 bits per heavy atom. The van der Waals surface area contributed by atoms with Gasteiger partial charge in [-0.1, -0.05) is 12.1 Å². The third-order valence-electron chi connectivity index (χ3n) is 5.13. The van der Waals surface area contributed by atoms with Gasteiger partial charge in [-0.2, -0.15) is 0 Å². The Labute approximate surface area is 137 Å². The smallest absolute Gasteiger partial charge is 0.258 e. The average molecular weight is 319 g/mol. The van der Waals surface area contributed by atoms with Gasteiger partial charge in [-0.3, -0.25) is 4.79 Å². The van der Waals surface area contributed by atoms with E-state index in [2.05, 4.69) is 5.32 Å². The molecule has 4 unspecified atom stereocenters. The number of benzene rings is 1. The molecule has 1 aromatic carbocycles. The van der Waals surface area contributed by atoms with Gasteiger partial charge in [0.05, 0.1) is 12.7 Å². The minimum absolute atomic E-state index is 0.0404. The fraction of sp³-hybridized carbons (Fsp3) is 0.611. The molecule has 1 N–H and O–H groups in total. The van der Waals surface area contributed by atoms with Crippen LogP contribution in [-0.2, 0) is 14.3 Å². The summed E-state index contributed by atoms with van der Waals surface area (Å²) in [5, 5.41) is 3.10. The highest BCUT2D eigenvalue weighted by Crippen LogP contribution is 2.43. The predicted molar refractivity (Wildman–Crippen MR) is 86.6 cm³/mol. The lowest BCUT2D eigenvalue weighted by Crippen LogP contribution is -2.63. The lowest BCUT2D eigenvalue weighted by molar-refractivity contribution is -0.131. The number of fused-ring (bicyclic) bond motifs is 1. The van der Waals surface area contributed by atoms with E-state index in [-0.39, 0.29) is 30.6 Å². The Morgan fingerprint density at radius 1 is 1.39 bits per heavy atom.